The van der Waals surface area contributed by atoms with E-state index in [0.717, 1.165) is 3.57 Å². The Morgan fingerprint density at radius 3 is 2.45 bits per heavy atom. The molecule has 31 heavy (non-hydrogen) atoms. The summed E-state index contributed by atoms with van der Waals surface area (Å²) >= 11 is 2.14. The van der Waals surface area contributed by atoms with Crippen molar-refractivity contribution in [3.8, 4) is 17.6 Å². The largest absolute Gasteiger partial charge is 0.493 e. The molecule has 0 fully saturated rings. The molecule has 7 heteroatoms. The number of nitrogens with one attached hydrogen (secondary N) is 1. The predicted molar refractivity (Wildman–Crippen MR) is 126 cm³/mol. The van der Waals surface area contributed by atoms with Gasteiger partial charge in [0.15, 0.2) is 11.5 Å². The van der Waals surface area contributed by atoms with Gasteiger partial charge in [-0.3, -0.25) is 4.79 Å². The van der Waals surface area contributed by atoms with Crippen LogP contribution in [-0.4, -0.2) is 19.0 Å². The first-order valence-electron chi connectivity index (χ1n) is 9.14. The van der Waals surface area contributed by atoms with E-state index in [1.165, 1.54) is 13.2 Å². The number of carbonyl (C=O) groups is 2. The van der Waals surface area contributed by atoms with Crippen LogP contribution in [0.5, 0.6) is 11.5 Å². The number of esters is 1. The molecule has 0 saturated carbocycles. The van der Waals surface area contributed by atoms with Crippen LogP contribution in [0, 0.1) is 14.9 Å². The number of anilines is 1. The Kier molecular flexibility index (Phi) is 7.40. The molecule has 3 rings (SSSR count). The molecule has 0 saturated heterocycles. The Morgan fingerprint density at radius 1 is 1.00 bits per heavy atom. The highest BCUT2D eigenvalue weighted by Crippen LogP contribution is 2.30. The molecule has 0 aromatic heterocycles. The number of rotatable bonds is 6. The zero-order valence-electron chi connectivity index (χ0n) is 16.5. The number of amides is 1. The Hall–Kier alpha value is -3.64. The van der Waals surface area contributed by atoms with E-state index in [0.29, 0.717) is 22.6 Å². The van der Waals surface area contributed by atoms with Crippen LogP contribution in [0.15, 0.2) is 78.4 Å². The van der Waals surface area contributed by atoms with Crippen LogP contribution in [0.4, 0.5) is 5.69 Å². The third-order valence-corrected chi connectivity index (χ3v) is 4.83. The van der Waals surface area contributed by atoms with E-state index in [1.807, 2.05) is 18.2 Å². The normalized spacial score (nSPS) is 10.7. The molecule has 0 unspecified atom stereocenters. The van der Waals surface area contributed by atoms with Gasteiger partial charge in [0.05, 0.1) is 12.7 Å². The van der Waals surface area contributed by atoms with E-state index in [1.54, 1.807) is 60.7 Å². The summed E-state index contributed by atoms with van der Waals surface area (Å²) in [5.74, 6) is -0.511. The van der Waals surface area contributed by atoms with Crippen molar-refractivity contribution < 1.29 is 19.1 Å². The minimum Gasteiger partial charge on any atom is -0.493 e. The van der Waals surface area contributed by atoms with Gasteiger partial charge in [0.2, 0.25) is 0 Å². The van der Waals surface area contributed by atoms with E-state index in [9.17, 15) is 14.9 Å². The summed E-state index contributed by atoms with van der Waals surface area (Å²) in [5.41, 5.74) is 1.48. The molecular weight excluding hydrogens is 507 g/mol. The summed E-state index contributed by atoms with van der Waals surface area (Å²) in [7, 11) is 1.44. The monoisotopic (exact) mass is 524 g/mol. The highest BCUT2D eigenvalue weighted by Gasteiger charge is 2.14. The molecule has 0 aliphatic heterocycles. The number of halogens is 1. The fourth-order valence-corrected chi connectivity index (χ4v) is 3.21. The number of benzene rings is 3. The topological polar surface area (TPSA) is 88.4 Å². The molecule has 0 aliphatic rings. The van der Waals surface area contributed by atoms with E-state index >= 15 is 0 Å². The third kappa shape index (κ3) is 5.93. The van der Waals surface area contributed by atoms with Gasteiger partial charge in [-0.1, -0.05) is 30.3 Å². The first-order valence-corrected chi connectivity index (χ1v) is 10.2. The third-order valence-electron chi connectivity index (χ3n) is 4.16. The summed E-state index contributed by atoms with van der Waals surface area (Å²) in [6, 6.07) is 22.5. The van der Waals surface area contributed by atoms with Crippen molar-refractivity contribution in [2.24, 2.45) is 0 Å². The average Bonchev–Trinajstić information content (AvgIpc) is 2.78. The average molecular weight is 524 g/mol. The fraction of sp³-hybridized carbons (Fsp3) is 0.0417. The molecule has 0 heterocycles. The first-order chi connectivity index (χ1) is 15.0. The maximum atomic E-state index is 12.5. The van der Waals surface area contributed by atoms with Gasteiger partial charge < -0.3 is 14.8 Å². The number of carbonyl (C=O) groups excluding carboxylic acids is 2. The van der Waals surface area contributed by atoms with Crippen molar-refractivity contribution in [3.05, 3.63) is 93.1 Å². The number of nitrogens with zero attached hydrogens (tertiary/aromatic N) is 1. The van der Waals surface area contributed by atoms with Crippen LogP contribution >= 0.6 is 22.6 Å². The summed E-state index contributed by atoms with van der Waals surface area (Å²) in [4.78, 5) is 24.8. The van der Waals surface area contributed by atoms with Gasteiger partial charge in [0.25, 0.3) is 5.91 Å². The van der Waals surface area contributed by atoms with Gasteiger partial charge in [-0.15, -0.1) is 0 Å². The maximum absolute atomic E-state index is 12.5. The predicted octanol–water partition coefficient (Wildman–Crippen LogP) is 5.06. The Bertz CT molecular complexity index is 1180. The Labute approximate surface area is 193 Å². The number of hydrogen-bond acceptors (Lipinski definition) is 5. The van der Waals surface area contributed by atoms with Gasteiger partial charge in [0.1, 0.15) is 11.6 Å². The standard InChI is InChI=1S/C24H17IN2O4/c1-30-22-13-16(10-11-21(22)31-24(29)17-6-3-2-4-7-17)12-18(15-26)23(28)27-20-9-5-8-19(25)14-20/h2-14H,1H3,(H,27,28)/b18-12+. The Balaban J connectivity index is 1.80. The van der Waals surface area contributed by atoms with Crippen molar-refractivity contribution in [2.45, 2.75) is 0 Å². The molecule has 3 aromatic carbocycles. The minimum atomic E-state index is -0.525. The second kappa shape index (κ2) is 10.4. The van der Waals surface area contributed by atoms with E-state index in [4.69, 9.17) is 9.47 Å². The smallest absolute Gasteiger partial charge is 0.343 e. The second-order valence-corrected chi connectivity index (χ2v) is 7.55. The number of hydrogen-bond donors (Lipinski definition) is 1. The number of methoxy groups -OCH3 is 1. The van der Waals surface area contributed by atoms with E-state index in [-0.39, 0.29) is 11.3 Å². The molecule has 154 valence electrons. The maximum Gasteiger partial charge on any atom is 0.343 e. The van der Waals surface area contributed by atoms with Gasteiger partial charge in [-0.05, 0) is 76.7 Å². The van der Waals surface area contributed by atoms with Gasteiger partial charge >= 0.3 is 5.97 Å². The number of nitriles is 1. The molecule has 3 aromatic rings. The molecule has 0 bridgehead atoms. The first kappa shape index (κ1) is 22.1. The second-order valence-electron chi connectivity index (χ2n) is 6.30. The molecule has 6 nitrogen and oxygen atoms in total. The van der Waals surface area contributed by atoms with E-state index in [2.05, 4.69) is 27.9 Å². The van der Waals surface area contributed by atoms with Gasteiger partial charge in [-0.2, -0.15) is 5.26 Å². The molecule has 0 radical (unpaired) electrons. The van der Waals surface area contributed by atoms with Crippen LogP contribution in [0.25, 0.3) is 6.08 Å². The van der Waals surface area contributed by atoms with Crippen LogP contribution in [0.1, 0.15) is 15.9 Å². The van der Waals surface area contributed by atoms with Crippen LogP contribution < -0.4 is 14.8 Å². The molecule has 0 atom stereocenters. The van der Waals surface area contributed by atoms with Crippen molar-refractivity contribution in [1.29, 1.82) is 5.26 Å². The lowest BCUT2D eigenvalue weighted by molar-refractivity contribution is -0.112. The zero-order chi connectivity index (χ0) is 22.2. The van der Waals surface area contributed by atoms with Crippen molar-refractivity contribution in [1.82, 2.24) is 0 Å². The van der Waals surface area contributed by atoms with Crippen molar-refractivity contribution in [3.63, 3.8) is 0 Å². The highest BCUT2D eigenvalue weighted by atomic mass is 127. The van der Waals surface area contributed by atoms with Crippen molar-refractivity contribution >= 4 is 46.2 Å². The lowest BCUT2D eigenvalue weighted by Gasteiger charge is -2.10. The summed E-state index contributed by atoms with van der Waals surface area (Å²) in [6.45, 7) is 0. The lowest BCUT2D eigenvalue weighted by atomic mass is 10.1. The molecule has 1 amide bonds. The zero-order valence-corrected chi connectivity index (χ0v) is 18.6. The summed E-state index contributed by atoms with van der Waals surface area (Å²) in [6.07, 6.45) is 1.44. The molecular formula is C24H17IN2O4. The molecule has 0 aliphatic carbocycles. The van der Waals surface area contributed by atoms with Crippen LogP contribution in [-0.2, 0) is 4.79 Å². The molecule has 0 spiro atoms. The van der Waals surface area contributed by atoms with Crippen molar-refractivity contribution in [2.75, 3.05) is 12.4 Å². The molecule has 1 N–H and O–H groups in total. The SMILES string of the molecule is COc1cc(/C=C(\C#N)C(=O)Nc2cccc(I)c2)ccc1OC(=O)c1ccccc1. The van der Waals surface area contributed by atoms with Crippen LogP contribution in [0.2, 0.25) is 0 Å². The highest BCUT2D eigenvalue weighted by molar-refractivity contribution is 14.1. The van der Waals surface area contributed by atoms with Gasteiger partial charge in [0, 0.05) is 9.26 Å². The van der Waals surface area contributed by atoms with Crippen LogP contribution in [0.3, 0.4) is 0 Å². The van der Waals surface area contributed by atoms with Gasteiger partial charge in [-0.25, -0.2) is 4.79 Å². The van der Waals surface area contributed by atoms with E-state index < -0.39 is 11.9 Å². The summed E-state index contributed by atoms with van der Waals surface area (Å²) < 4.78 is 11.7. The number of ether oxygens (including phenoxy) is 2. The fourth-order valence-electron chi connectivity index (χ4n) is 2.67. The lowest BCUT2D eigenvalue weighted by Crippen LogP contribution is -2.13. The summed E-state index contributed by atoms with van der Waals surface area (Å²) in [5, 5.41) is 12.1. The minimum absolute atomic E-state index is 0.0741. The quantitative estimate of drug-likeness (QED) is 0.160. The Morgan fingerprint density at radius 2 is 1.77 bits per heavy atom.